The van der Waals surface area contributed by atoms with E-state index in [4.69, 9.17) is 9.47 Å². The summed E-state index contributed by atoms with van der Waals surface area (Å²) < 4.78 is 10.8. The van der Waals surface area contributed by atoms with Gasteiger partial charge in [0.25, 0.3) is 0 Å². The number of benzene rings is 1. The number of rotatable bonds is 8. The summed E-state index contributed by atoms with van der Waals surface area (Å²) in [5.41, 5.74) is 0.645. The van der Waals surface area contributed by atoms with E-state index >= 15 is 0 Å². The molecular weight excluding hydrogens is 306 g/mol. The Hall–Kier alpha value is -2.08. The van der Waals surface area contributed by atoms with E-state index in [0.29, 0.717) is 32.3 Å². The maximum atomic E-state index is 11.7. The lowest BCUT2D eigenvalue weighted by molar-refractivity contribution is -0.152. The van der Waals surface area contributed by atoms with Crippen LogP contribution in [0.5, 0.6) is 0 Å². The molecule has 0 unspecified atom stereocenters. The molecule has 0 bridgehead atoms. The highest BCUT2D eigenvalue weighted by Gasteiger charge is 2.15. The number of nitrogens with zero attached hydrogens (tertiary/aromatic N) is 1. The normalized spacial score (nSPS) is 11.9. The summed E-state index contributed by atoms with van der Waals surface area (Å²) in [6.45, 7) is 9.90. The molecule has 0 saturated heterocycles. The summed E-state index contributed by atoms with van der Waals surface area (Å²) in [6, 6.07) is 10.0. The topological polar surface area (TPSA) is 72.0 Å². The van der Waals surface area contributed by atoms with Crippen molar-refractivity contribution in [2.24, 2.45) is 4.99 Å². The number of aliphatic imine (C=N–C) groups is 1. The fraction of sp³-hybridized carbons (Fsp3) is 0.556. The Kier molecular flexibility index (Phi) is 8.86. The van der Waals surface area contributed by atoms with Crippen LogP contribution in [-0.4, -0.2) is 43.8 Å². The lowest BCUT2D eigenvalue weighted by atomic mass is 10.2. The summed E-state index contributed by atoms with van der Waals surface area (Å²) in [5, 5.41) is 6.22. The largest absolute Gasteiger partial charge is 0.459 e. The van der Waals surface area contributed by atoms with E-state index in [1.165, 1.54) is 0 Å². The molecular formula is C18H29N3O3. The van der Waals surface area contributed by atoms with E-state index in [1.807, 2.05) is 58.0 Å². The standard InChI is InChI=1S/C18H29N3O3/c1-5-19-17(21-13-16(22)24-18(2,3)4)20-11-12-23-14-15-9-7-6-8-10-15/h6-10H,5,11-14H2,1-4H3,(H2,19,20,21). The Labute approximate surface area is 144 Å². The van der Waals surface area contributed by atoms with Crippen LogP contribution in [0.4, 0.5) is 0 Å². The molecule has 1 aromatic carbocycles. The summed E-state index contributed by atoms with van der Waals surface area (Å²) >= 11 is 0. The quantitative estimate of drug-likeness (QED) is 0.329. The number of ether oxygens (including phenoxy) is 2. The van der Waals surface area contributed by atoms with Crippen LogP contribution in [0.1, 0.15) is 33.3 Å². The van der Waals surface area contributed by atoms with E-state index < -0.39 is 5.60 Å². The third-order valence-electron chi connectivity index (χ3n) is 2.78. The van der Waals surface area contributed by atoms with Crippen molar-refractivity contribution in [2.45, 2.75) is 39.9 Å². The third-order valence-corrected chi connectivity index (χ3v) is 2.78. The molecule has 1 aromatic rings. The first-order valence-electron chi connectivity index (χ1n) is 8.26. The van der Waals surface area contributed by atoms with Gasteiger partial charge in [-0.1, -0.05) is 30.3 Å². The molecule has 0 radical (unpaired) electrons. The van der Waals surface area contributed by atoms with E-state index in [0.717, 1.165) is 5.56 Å². The lowest BCUT2D eigenvalue weighted by Gasteiger charge is -2.19. The van der Waals surface area contributed by atoms with Gasteiger partial charge in [0.2, 0.25) is 0 Å². The predicted molar refractivity (Wildman–Crippen MR) is 95.9 cm³/mol. The first-order chi connectivity index (χ1) is 11.4. The molecule has 0 aliphatic rings. The molecule has 0 aliphatic heterocycles. The van der Waals surface area contributed by atoms with Crippen molar-refractivity contribution >= 4 is 11.9 Å². The highest BCUT2D eigenvalue weighted by molar-refractivity contribution is 5.83. The Morgan fingerprint density at radius 3 is 2.50 bits per heavy atom. The number of esters is 1. The monoisotopic (exact) mass is 335 g/mol. The van der Waals surface area contributed by atoms with Crippen molar-refractivity contribution in [3.8, 4) is 0 Å². The molecule has 0 aromatic heterocycles. The van der Waals surface area contributed by atoms with Crippen LogP contribution in [-0.2, 0) is 20.9 Å². The molecule has 0 saturated carbocycles. The number of nitrogens with one attached hydrogen (secondary N) is 2. The van der Waals surface area contributed by atoms with Crippen molar-refractivity contribution in [2.75, 3.05) is 26.2 Å². The van der Waals surface area contributed by atoms with Gasteiger partial charge < -0.3 is 20.1 Å². The highest BCUT2D eigenvalue weighted by Crippen LogP contribution is 2.06. The number of hydrogen-bond donors (Lipinski definition) is 2. The second-order valence-corrected chi connectivity index (χ2v) is 6.25. The van der Waals surface area contributed by atoms with Crippen LogP contribution in [0.3, 0.4) is 0 Å². The molecule has 0 spiro atoms. The molecule has 0 atom stereocenters. The zero-order valence-electron chi connectivity index (χ0n) is 15.1. The van der Waals surface area contributed by atoms with Crippen LogP contribution in [0, 0.1) is 0 Å². The fourth-order valence-electron chi connectivity index (χ4n) is 1.86. The highest BCUT2D eigenvalue weighted by atomic mass is 16.6. The van der Waals surface area contributed by atoms with Gasteiger partial charge in [-0.3, -0.25) is 4.79 Å². The minimum absolute atomic E-state index is 0.0164. The predicted octanol–water partition coefficient (Wildman–Crippen LogP) is 2.10. The van der Waals surface area contributed by atoms with Crippen LogP contribution >= 0.6 is 0 Å². The Bertz CT molecular complexity index is 510. The van der Waals surface area contributed by atoms with Crippen LogP contribution < -0.4 is 10.6 Å². The van der Waals surface area contributed by atoms with Crippen molar-refractivity contribution in [1.29, 1.82) is 0 Å². The van der Waals surface area contributed by atoms with Crippen molar-refractivity contribution in [3.05, 3.63) is 35.9 Å². The molecule has 2 N–H and O–H groups in total. The van der Waals surface area contributed by atoms with E-state index in [9.17, 15) is 4.79 Å². The van der Waals surface area contributed by atoms with Gasteiger partial charge in [0.15, 0.2) is 5.96 Å². The Morgan fingerprint density at radius 2 is 1.88 bits per heavy atom. The van der Waals surface area contributed by atoms with E-state index in [1.54, 1.807) is 0 Å². The number of guanidine groups is 1. The summed E-state index contributed by atoms with van der Waals surface area (Å²) in [7, 11) is 0. The molecule has 0 fully saturated rings. The minimum atomic E-state index is -0.496. The first-order valence-corrected chi connectivity index (χ1v) is 8.26. The van der Waals surface area contributed by atoms with E-state index in [2.05, 4.69) is 15.6 Å². The van der Waals surface area contributed by atoms with Gasteiger partial charge in [0.05, 0.1) is 13.2 Å². The second kappa shape index (κ2) is 10.6. The molecule has 1 rings (SSSR count). The van der Waals surface area contributed by atoms with Gasteiger partial charge in [-0.25, -0.2) is 4.99 Å². The molecule has 0 heterocycles. The third kappa shape index (κ3) is 9.84. The number of hydrogen-bond acceptors (Lipinski definition) is 4. The van der Waals surface area contributed by atoms with Gasteiger partial charge in [-0.15, -0.1) is 0 Å². The zero-order valence-corrected chi connectivity index (χ0v) is 15.1. The summed E-state index contributed by atoms with van der Waals surface area (Å²) in [4.78, 5) is 15.9. The van der Waals surface area contributed by atoms with Crippen LogP contribution in [0.2, 0.25) is 0 Å². The van der Waals surface area contributed by atoms with Crippen molar-refractivity contribution < 1.29 is 14.3 Å². The van der Waals surface area contributed by atoms with Crippen molar-refractivity contribution in [3.63, 3.8) is 0 Å². The summed E-state index contributed by atoms with van der Waals surface area (Å²) in [6.07, 6.45) is 0. The van der Waals surface area contributed by atoms with Gasteiger partial charge in [0, 0.05) is 13.1 Å². The van der Waals surface area contributed by atoms with E-state index in [-0.39, 0.29) is 12.5 Å². The average molecular weight is 335 g/mol. The SMILES string of the molecule is CCNC(=NCC(=O)OC(C)(C)C)NCCOCc1ccccc1. The maximum Gasteiger partial charge on any atom is 0.328 e. The lowest BCUT2D eigenvalue weighted by Crippen LogP contribution is -2.39. The fourth-order valence-corrected chi connectivity index (χ4v) is 1.86. The first kappa shape index (κ1) is 20.0. The zero-order chi connectivity index (χ0) is 17.8. The average Bonchev–Trinajstić information content (AvgIpc) is 2.51. The minimum Gasteiger partial charge on any atom is -0.459 e. The molecule has 6 nitrogen and oxygen atoms in total. The van der Waals surface area contributed by atoms with Crippen LogP contribution in [0.15, 0.2) is 35.3 Å². The molecule has 0 aliphatic carbocycles. The second-order valence-electron chi connectivity index (χ2n) is 6.25. The molecule has 24 heavy (non-hydrogen) atoms. The number of carbonyl (C=O) groups is 1. The van der Waals surface area contributed by atoms with Gasteiger partial charge >= 0.3 is 5.97 Å². The smallest absolute Gasteiger partial charge is 0.328 e. The van der Waals surface area contributed by atoms with Gasteiger partial charge in [-0.05, 0) is 33.3 Å². The molecule has 134 valence electrons. The van der Waals surface area contributed by atoms with Crippen LogP contribution in [0.25, 0.3) is 0 Å². The number of carbonyl (C=O) groups excluding carboxylic acids is 1. The Balaban J connectivity index is 2.29. The maximum absolute atomic E-state index is 11.7. The van der Waals surface area contributed by atoms with Gasteiger partial charge in [-0.2, -0.15) is 0 Å². The summed E-state index contributed by atoms with van der Waals surface area (Å²) in [5.74, 6) is 0.228. The Morgan fingerprint density at radius 1 is 1.17 bits per heavy atom. The van der Waals surface area contributed by atoms with Crippen molar-refractivity contribution in [1.82, 2.24) is 10.6 Å². The molecule has 6 heteroatoms. The molecule has 0 amide bonds. The van der Waals surface area contributed by atoms with Gasteiger partial charge in [0.1, 0.15) is 12.1 Å².